The number of carbonyl (C=O) groups excluding carboxylic acids is 3. The van der Waals surface area contributed by atoms with Gasteiger partial charge in [0.05, 0.1) is 0 Å². The fourth-order valence-electron chi connectivity index (χ4n) is 10.7. The molecule has 1 unspecified atom stereocenters. The maximum atomic E-state index is 12.9. The lowest BCUT2D eigenvalue weighted by Crippen LogP contribution is -2.30. The van der Waals surface area contributed by atoms with Crippen LogP contribution in [0.2, 0.25) is 0 Å². The Morgan fingerprint density at radius 2 is 0.468 bits per heavy atom. The van der Waals surface area contributed by atoms with Crippen molar-refractivity contribution < 1.29 is 28.6 Å². The summed E-state index contributed by atoms with van der Waals surface area (Å²) in [6, 6.07) is 0. The van der Waals surface area contributed by atoms with Gasteiger partial charge in [-0.25, -0.2) is 0 Å². The van der Waals surface area contributed by atoms with E-state index in [0.29, 0.717) is 19.3 Å². The summed E-state index contributed by atoms with van der Waals surface area (Å²) in [7, 11) is 0. The van der Waals surface area contributed by atoms with E-state index in [9.17, 15) is 14.4 Å². The Hall–Kier alpha value is -2.11. The van der Waals surface area contributed by atoms with E-state index in [-0.39, 0.29) is 31.1 Å². The fourth-order valence-corrected chi connectivity index (χ4v) is 10.7. The standard InChI is InChI=1S/C71H134O6/c1-4-7-10-13-16-19-21-23-25-27-29-31-32-33-34-35-36-37-38-40-41-43-45-47-49-52-55-58-61-64-70(73)76-67-68(66-75-69(72)63-60-57-54-51-18-15-12-9-6-3)77-71(74)65-62-59-56-53-50-48-46-44-42-39-30-28-26-24-22-20-17-14-11-8-5-2/h22,24,28,30,68H,4-21,23,25-27,29,31-67H2,1-3H3/b24-22-,30-28-. The highest BCUT2D eigenvalue weighted by atomic mass is 16.6. The second kappa shape index (κ2) is 66.4. The molecule has 1 atom stereocenters. The number of ether oxygens (including phenoxy) is 3. The molecule has 0 N–H and O–H groups in total. The minimum absolute atomic E-state index is 0.0671. The van der Waals surface area contributed by atoms with Gasteiger partial charge in [0.2, 0.25) is 0 Å². The first-order valence-electron chi connectivity index (χ1n) is 34.8. The third-order valence-electron chi connectivity index (χ3n) is 16.0. The number of allylic oxidation sites excluding steroid dienone is 4. The van der Waals surface area contributed by atoms with E-state index in [1.165, 1.54) is 289 Å². The lowest BCUT2D eigenvalue weighted by molar-refractivity contribution is -0.167. The van der Waals surface area contributed by atoms with E-state index < -0.39 is 6.10 Å². The van der Waals surface area contributed by atoms with Gasteiger partial charge in [0, 0.05) is 19.3 Å². The fraction of sp³-hybridized carbons (Fsp3) is 0.901. The molecule has 0 aliphatic heterocycles. The maximum Gasteiger partial charge on any atom is 0.306 e. The molecule has 0 heterocycles. The van der Waals surface area contributed by atoms with Crippen molar-refractivity contribution in [3.8, 4) is 0 Å². The van der Waals surface area contributed by atoms with Crippen LogP contribution in [0.3, 0.4) is 0 Å². The van der Waals surface area contributed by atoms with E-state index in [4.69, 9.17) is 14.2 Å². The monoisotopic (exact) mass is 1080 g/mol. The van der Waals surface area contributed by atoms with Crippen molar-refractivity contribution in [3.63, 3.8) is 0 Å². The van der Waals surface area contributed by atoms with Crippen LogP contribution in [0.5, 0.6) is 0 Å². The molecule has 0 aromatic heterocycles. The molecule has 6 nitrogen and oxygen atoms in total. The summed E-state index contributed by atoms with van der Waals surface area (Å²) in [4.78, 5) is 38.2. The summed E-state index contributed by atoms with van der Waals surface area (Å²) in [5, 5.41) is 0. The number of carbonyl (C=O) groups is 3. The number of hydrogen-bond donors (Lipinski definition) is 0. The van der Waals surface area contributed by atoms with E-state index >= 15 is 0 Å². The highest BCUT2D eigenvalue weighted by Gasteiger charge is 2.19. The van der Waals surface area contributed by atoms with E-state index in [1.54, 1.807) is 0 Å². The van der Waals surface area contributed by atoms with Crippen LogP contribution in [0.1, 0.15) is 393 Å². The van der Waals surface area contributed by atoms with Gasteiger partial charge in [-0.15, -0.1) is 0 Å². The highest BCUT2D eigenvalue weighted by molar-refractivity contribution is 5.71. The Labute approximate surface area is 481 Å². The average Bonchev–Trinajstić information content (AvgIpc) is 3.43. The second-order valence-corrected chi connectivity index (χ2v) is 23.8. The van der Waals surface area contributed by atoms with Crippen LogP contribution in [-0.2, 0) is 28.6 Å². The van der Waals surface area contributed by atoms with Crippen LogP contribution in [0, 0.1) is 0 Å². The van der Waals surface area contributed by atoms with Crippen LogP contribution in [0.25, 0.3) is 0 Å². The first-order valence-corrected chi connectivity index (χ1v) is 34.8. The Balaban J connectivity index is 4.08. The summed E-state index contributed by atoms with van der Waals surface area (Å²) in [6.45, 7) is 6.68. The second-order valence-electron chi connectivity index (χ2n) is 23.8. The van der Waals surface area contributed by atoms with Crippen LogP contribution in [0.4, 0.5) is 0 Å². The first-order chi connectivity index (χ1) is 38.0. The zero-order valence-electron chi connectivity index (χ0n) is 52.3. The number of rotatable bonds is 65. The van der Waals surface area contributed by atoms with Gasteiger partial charge in [0.1, 0.15) is 13.2 Å². The lowest BCUT2D eigenvalue weighted by atomic mass is 10.0. The molecule has 0 aliphatic carbocycles. The molecular formula is C71H134O6. The van der Waals surface area contributed by atoms with Crippen LogP contribution in [0.15, 0.2) is 24.3 Å². The molecule has 0 saturated carbocycles. The minimum atomic E-state index is -0.769. The maximum absolute atomic E-state index is 12.9. The topological polar surface area (TPSA) is 78.9 Å². The third-order valence-corrected chi connectivity index (χ3v) is 16.0. The molecule has 6 heteroatoms. The van der Waals surface area contributed by atoms with Crippen molar-refractivity contribution in [2.24, 2.45) is 0 Å². The molecule has 0 radical (unpaired) electrons. The Morgan fingerprint density at radius 1 is 0.260 bits per heavy atom. The number of unbranched alkanes of at least 4 members (excludes halogenated alkanes) is 50. The van der Waals surface area contributed by atoms with Gasteiger partial charge in [-0.2, -0.15) is 0 Å². The van der Waals surface area contributed by atoms with Crippen molar-refractivity contribution >= 4 is 17.9 Å². The molecule has 0 amide bonds. The molecule has 0 aromatic rings. The van der Waals surface area contributed by atoms with Crippen LogP contribution in [-0.4, -0.2) is 37.2 Å². The molecule has 0 saturated heterocycles. The van der Waals surface area contributed by atoms with Crippen molar-refractivity contribution in [1.82, 2.24) is 0 Å². The third kappa shape index (κ3) is 64.6. The summed E-state index contributed by atoms with van der Waals surface area (Å²) in [5.41, 5.74) is 0. The zero-order chi connectivity index (χ0) is 55.7. The quantitative estimate of drug-likeness (QED) is 0.0261. The van der Waals surface area contributed by atoms with E-state index in [1.807, 2.05) is 0 Å². The van der Waals surface area contributed by atoms with Gasteiger partial charge < -0.3 is 14.2 Å². The predicted molar refractivity (Wildman–Crippen MR) is 335 cm³/mol. The minimum Gasteiger partial charge on any atom is -0.462 e. The molecule has 0 rings (SSSR count). The summed E-state index contributed by atoms with van der Waals surface area (Å²) in [5.74, 6) is -0.846. The number of esters is 3. The van der Waals surface area contributed by atoms with Crippen LogP contribution >= 0.6 is 0 Å². The van der Waals surface area contributed by atoms with E-state index in [0.717, 1.165) is 64.2 Å². The number of hydrogen-bond acceptors (Lipinski definition) is 6. The molecule has 0 aromatic carbocycles. The predicted octanol–water partition coefficient (Wildman–Crippen LogP) is 23.8. The smallest absolute Gasteiger partial charge is 0.306 e. The van der Waals surface area contributed by atoms with Crippen LogP contribution < -0.4 is 0 Å². The Morgan fingerprint density at radius 3 is 0.714 bits per heavy atom. The molecule has 0 bridgehead atoms. The molecular weight excluding hydrogens is 949 g/mol. The Kier molecular flexibility index (Phi) is 64.6. The van der Waals surface area contributed by atoms with Crippen molar-refractivity contribution in [2.45, 2.75) is 399 Å². The van der Waals surface area contributed by atoms with Gasteiger partial charge in [-0.3, -0.25) is 14.4 Å². The van der Waals surface area contributed by atoms with Gasteiger partial charge in [-0.1, -0.05) is 347 Å². The SMILES string of the molecule is CCCCCCC/C=C\C/C=C\CCCCCCCCCCCC(=O)OC(COC(=O)CCCCCCCCCCC)COC(=O)CCCCCCCCCCCCCCCCCCCCCCCCCCCCCCC. The van der Waals surface area contributed by atoms with Gasteiger partial charge in [0.15, 0.2) is 6.10 Å². The van der Waals surface area contributed by atoms with Crippen molar-refractivity contribution in [2.75, 3.05) is 13.2 Å². The Bertz CT molecular complexity index is 1240. The summed E-state index contributed by atoms with van der Waals surface area (Å²) < 4.78 is 16.9. The van der Waals surface area contributed by atoms with E-state index in [2.05, 4.69) is 45.1 Å². The molecule has 454 valence electrons. The molecule has 0 fully saturated rings. The summed E-state index contributed by atoms with van der Waals surface area (Å²) >= 11 is 0. The van der Waals surface area contributed by atoms with Crippen molar-refractivity contribution in [3.05, 3.63) is 24.3 Å². The zero-order valence-corrected chi connectivity index (χ0v) is 52.3. The summed E-state index contributed by atoms with van der Waals surface area (Å²) in [6.07, 6.45) is 80.8. The molecule has 77 heavy (non-hydrogen) atoms. The first kappa shape index (κ1) is 74.9. The van der Waals surface area contributed by atoms with Gasteiger partial charge >= 0.3 is 17.9 Å². The van der Waals surface area contributed by atoms with Crippen molar-refractivity contribution in [1.29, 1.82) is 0 Å². The normalized spacial score (nSPS) is 12.1. The molecule has 0 spiro atoms. The average molecular weight is 1080 g/mol. The molecule has 0 aliphatic rings. The largest absolute Gasteiger partial charge is 0.462 e. The lowest BCUT2D eigenvalue weighted by Gasteiger charge is -2.18. The van der Waals surface area contributed by atoms with Gasteiger partial charge in [-0.05, 0) is 51.4 Å². The van der Waals surface area contributed by atoms with Gasteiger partial charge in [0.25, 0.3) is 0 Å². The highest BCUT2D eigenvalue weighted by Crippen LogP contribution is 2.19.